The van der Waals surface area contributed by atoms with Crippen molar-refractivity contribution < 1.29 is 14.4 Å². The minimum atomic E-state index is -0.310. The molecule has 0 unspecified atom stereocenters. The average Bonchev–Trinajstić information content (AvgIpc) is 2.97. The van der Waals surface area contributed by atoms with Gasteiger partial charge in [0.05, 0.1) is 18.8 Å². The maximum Gasteiger partial charge on any atom is 0.291 e. The molecule has 0 atom stereocenters. The second kappa shape index (κ2) is 7.02. The molecule has 0 radical (unpaired) electrons. The van der Waals surface area contributed by atoms with Gasteiger partial charge in [-0.2, -0.15) is 5.10 Å². The molecule has 8 nitrogen and oxygen atoms in total. The summed E-state index contributed by atoms with van der Waals surface area (Å²) in [4.78, 5) is 39.2. The Kier molecular flexibility index (Phi) is 4.64. The highest BCUT2D eigenvalue weighted by atomic mass is 16.2. The van der Waals surface area contributed by atoms with Crippen LogP contribution in [-0.2, 0) is 16.1 Å². The number of hydrogen-bond donors (Lipinski definition) is 1. The lowest BCUT2D eigenvalue weighted by atomic mass is 9.90. The van der Waals surface area contributed by atoms with Gasteiger partial charge in [-0.3, -0.25) is 14.4 Å². The number of para-hydroxylation sites is 1. The number of benzene rings is 1. The maximum absolute atomic E-state index is 13.3. The summed E-state index contributed by atoms with van der Waals surface area (Å²) in [5, 5.41) is 9.54. The Morgan fingerprint density at radius 3 is 2.66 bits per heavy atom. The molecule has 152 valence electrons. The molecule has 3 heterocycles. The zero-order valence-corrected chi connectivity index (χ0v) is 16.9. The Hall–Kier alpha value is -3.16. The van der Waals surface area contributed by atoms with Crippen LogP contribution in [-0.4, -0.2) is 64.1 Å². The first-order chi connectivity index (χ1) is 13.7. The van der Waals surface area contributed by atoms with E-state index in [-0.39, 0.29) is 36.2 Å². The first-order valence-corrected chi connectivity index (χ1v) is 9.76. The van der Waals surface area contributed by atoms with Crippen molar-refractivity contribution in [3.8, 4) is 0 Å². The molecule has 2 aliphatic rings. The van der Waals surface area contributed by atoms with E-state index in [0.717, 1.165) is 16.6 Å². The number of nitrogens with zero attached hydrogens (tertiary/aromatic N) is 4. The molecular weight excluding hydrogens is 370 g/mol. The van der Waals surface area contributed by atoms with E-state index in [1.165, 1.54) is 9.91 Å². The summed E-state index contributed by atoms with van der Waals surface area (Å²) in [6.45, 7) is 7.29. The number of hydrazone groups is 1. The molecule has 1 fully saturated rings. The fraction of sp³-hybridized carbons (Fsp3) is 0.429. The summed E-state index contributed by atoms with van der Waals surface area (Å²) in [5.74, 6) is -0.782. The summed E-state index contributed by atoms with van der Waals surface area (Å²) >= 11 is 0. The molecule has 2 aromatic rings. The van der Waals surface area contributed by atoms with Gasteiger partial charge in [0.25, 0.3) is 5.91 Å². The molecule has 3 amide bonds. The van der Waals surface area contributed by atoms with E-state index < -0.39 is 0 Å². The van der Waals surface area contributed by atoms with Gasteiger partial charge in [0.15, 0.2) is 0 Å². The Bertz CT molecular complexity index is 1030. The van der Waals surface area contributed by atoms with Gasteiger partial charge in [0.1, 0.15) is 12.2 Å². The molecule has 8 heteroatoms. The summed E-state index contributed by atoms with van der Waals surface area (Å²) in [5.41, 5.74) is 2.02. The number of carbonyl (C=O) groups excluding carboxylic acids is 3. The van der Waals surface area contributed by atoms with Crippen molar-refractivity contribution in [2.24, 2.45) is 10.5 Å². The van der Waals surface area contributed by atoms with Gasteiger partial charge in [-0.1, -0.05) is 39.0 Å². The first-order valence-electron chi connectivity index (χ1n) is 9.76. The molecule has 1 aromatic heterocycles. The zero-order chi connectivity index (χ0) is 20.8. The molecule has 2 aliphatic heterocycles. The Balaban J connectivity index is 1.71. The Morgan fingerprint density at radius 2 is 1.93 bits per heavy atom. The van der Waals surface area contributed by atoms with E-state index in [1.54, 1.807) is 0 Å². The number of nitrogens with one attached hydrogen (secondary N) is 1. The topological polar surface area (TPSA) is 87.0 Å². The minimum Gasteiger partial charge on any atom is -0.353 e. The van der Waals surface area contributed by atoms with Crippen LogP contribution in [0.25, 0.3) is 10.9 Å². The lowest BCUT2D eigenvalue weighted by molar-refractivity contribution is -0.138. The monoisotopic (exact) mass is 395 g/mol. The van der Waals surface area contributed by atoms with E-state index in [1.807, 2.05) is 55.7 Å². The van der Waals surface area contributed by atoms with Gasteiger partial charge in [0.2, 0.25) is 11.8 Å². The largest absolute Gasteiger partial charge is 0.353 e. The summed E-state index contributed by atoms with van der Waals surface area (Å²) in [6.07, 6.45) is 0. The Labute approximate surface area is 169 Å². The highest BCUT2D eigenvalue weighted by Gasteiger charge is 2.32. The minimum absolute atomic E-state index is 0.0109. The van der Waals surface area contributed by atoms with Gasteiger partial charge in [-0.05, 0) is 12.1 Å². The third-order valence-electron chi connectivity index (χ3n) is 5.36. The van der Waals surface area contributed by atoms with Crippen molar-refractivity contribution in [3.05, 3.63) is 36.0 Å². The molecule has 0 saturated carbocycles. The molecule has 0 aliphatic carbocycles. The second-order valence-corrected chi connectivity index (χ2v) is 8.50. The number of piperazine rings is 1. The zero-order valence-electron chi connectivity index (χ0n) is 16.9. The number of carbonyl (C=O) groups is 3. The number of hydrogen-bond acceptors (Lipinski definition) is 4. The predicted molar refractivity (Wildman–Crippen MR) is 109 cm³/mol. The molecule has 1 aromatic carbocycles. The van der Waals surface area contributed by atoms with Crippen LogP contribution in [0.3, 0.4) is 0 Å². The Morgan fingerprint density at radius 1 is 1.17 bits per heavy atom. The molecule has 4 rings (SSSR count). The van der Waals surface area contributed by atoms with E-state index in [4.69, 9.17) is 0 Å². The lowest BCUT2D eigenvalue weighted by Crippen LogP contribution is -2.52. The van der Waals surface area contributed by atoms with Crippen LogP contribution in [0.4, 0.5) is 0 Å². The number of aromatic nitrogens is 1. The van der Waals surface area contributed by atoms with E-state index >= 15 is 0 Å². The summed E-state index contributed by atoms with van der Waals surface area (Å²) in [6, 6.07) is 9.69. The summed E-state index contributed by atoms with van der Waals surface area (Å²) < 4.78 is 1.97. The maximum atomic E-state index is 13.3. The van der Waals surface area contributed by atoms with E-state index in [0.29, 0.717) is 25.3 Å². The molecule has 0 spiro atoms. The fourth-order valence-electron chi connectivity index (χ4n) is 3.64. The lowest BCUT2D eigenvalue weighted by Gasteiger charge is -2.28. The fourth-order valence-corrected chi connectivity index (χ4v) is 3.64. The molecular formula is C21H25N5O3. The normalized spacial score (nSPS) is 17.7. The molecule has 0 bridgehead atoms. The van der Waals surface area contributed by atoms with Gasteiger partial charge in [-0.15, -0.1) is 0 Å². The number of fused-ring (bicyclic) bond motifs is 3. The van der Waals surface area contributed by atoms with Gasteiger partial charge in [-0.25, -0.2) is 5.01 Å². The third kappa shape index (κ3) is 3.62. The van der Waals surface area contributed by atoms with Gasteiger partial charge in [0, 0.05) is 29.4 Å². The van der Waals surface area contributed by atoms with Crippen molar-refractivity contribution in [2.75, 3.05) is 26.2 Å². The highest BCUT2D eigenvalue weighted by molar-refractivity contribution is 6.04. The van der Waals surface area contributed by atoms with E-state index in [9.17, 15) is 14.4 Å². The van der Waals surface area contributed by atoms with Gasteiger partial charge >= 0.3 is 0 Å². The van der Waals surface area contributed by atoms with E-state index in [2.05, 4.69) is 10.4 Å². The SMILES string of the molecule is CC(C)(C)C1=NN(CC(=O)N2CCNC(=O)C2)C(=O)c2cc3ccccc3n2C1. The van der Waals surface area contributed by atoms with Crippen LogP contribution in [0, 0.1) is 5.41 Å². The number of amides is 3. The van der Waals surface area contributed by atoms with Crippen LogP contribution in [0.15, 0.2) is 35.4 Å². The quantitative estimate of drug-likeness (QED) is 0.835. The number of rotatable bonds is 2. The second-order valence-electron chi connectivity index (χ2n) is 8.50. The van der Waals surface area contributed by atoms with Crippen molar-refractivity contribution in [3.63, 3.8) is 0 Å². The highest BCUT2D eigenvalue weighted by Crippen LogP contribution is 2.27. The first kappa shape index (κ1) is 19.2. The molecule has 1 N–H and O–H groups in total. The van der Waals surface area contributed by atoms with Crippen LogP contribution in [0.1, 0.15) is 31.3 Å². The van der Waals surface area contributed by atoms with Gasteiger partial charge < -0.3 is 14.8 Å². The predicted octanol–water partition coefficient (Wildman–Crippen LogP) is 1.46. The van der Waals surface area contributed by atoms with Crippen LogP contribution >= 0.6 is 0 Å². The molecule has 29 heavy (non-hydrogen) atoms. The third-order valence-corrected chi connectivity index (χ3v) is 5.36. The van der Waals surface area contributed by atoms with Crippen LogP contribution in [0.2, 0.25) is 0 Å². The van der Waals surface area contributed by atoms with Crippen molar-refractivity contribution in [1.29, 1.82) is 0 Å². The standard InChI is InChI=1S/C21H25N5O3/c1-21(2,3)17-11-25-15-7-5-4-6-14(15)10-16(25)20(29)26(23-17)13-19(28)24-9-8-22-18(27)12-24/h4-7,10H,8-9,11-13H2,1-3H3,(H,22,27). The molecule has 1 saturated heterocycles. The average molecular weight is 395 g/mol. The van der Waals surface area contributed by atoms with Crippen LogP contribution < -0.4 is 5.32 Å². The van der Waals surface area contributed by atoms with Crippen LogP contribution in [0.5, 0.6) is 0 Å². The summed E-state index contributed by atoms with van der Waals surface area (Å²) in [7, 11) is 0. The smallest absolute Gasteiger partial charge is 0.291 e. The van der Waals surface area contributed by atoms with Crippen molar-refractivity contribution in [2.45, 2.75) is 27.3 Å². The van der Waals surface area contributed by atoms with Crippen molar-refractivity contribution in [1.82, 2.24) is 19.8 Å². The van der Waals surface area contributed by atoms with Crippen molar-refractivity contribution >= 4 is 34.3 Å².